The molecular weight excluding hydrogens is 362 g/mol. The Hall–Kier alpha value is -1.11. The largest absolute Gasteiger partial charge is 0.479 e. The molecule has 1 rings (SSSR count). The molecule has 0 radical (unpaired) electrons. The number of nitrogens with two attached hydrogens (primary N) is 1. The van der Waals surface area contributed by atoms with Crippen molar-refractivity contribution < 1.29 is 19.4 Å². The summed E-state index contributed by atoms with van der Waals surface area (Å²) in [7, 11) is 0. The highest BCUT2D eigenvalue weighted by atomic mass is 79.9. The number of aliphatic carboxylic acids is 1. The Morgan fingerprint density at radius 3 is 2.62 bits per heavy atom. The lowest BCUT2D eigenvalue weighted by Gasteiger charge is -2.16. The van der Waals surface area contributed by atoms with Gasteiger partial charge in [-0.1, -0.05) is 45.7 Å². The van der Waals surface area contributed by atoms with Crippen LogP contribution >= 0.6 is 27.5 Å². The van der Waals surface area contributed by atoms with Crippen LogP contribution in [0.2, 0.25) is 5.02 Å². The molecule has 0 bridgehead atoms. The first kappa shape index (κ1) is 17.9. The number of carbonyl (C=O) groups excluding carboxylic acids is 1. The molecule has 0 amide bonds. The molecule has 0 aliphatic rings. The maximum Gasteiger partial charge on any atom is 0.334 e. The van der Waals surface area contributed by atoms with Crippen LogP contribution in [0.4, 0.5) is 0 Å². The van der Waals surface area contributed by atoms with Crippen molar-refractivity contribution in [3.8, 4) is 0 Å². The van der Waals surface area contributed by atoms with E-state index in [0.717, 1.165) is 5.56 Å². The second kappa shape index (κ2) is 8.36. The monoisotopic (exact) mass is 377 g/mol. The first-order chi connectivity index (χ1) is 9.83. The number of hydrogen-bond acceptors (Lipinski definition) is 4. The zero-order chi connectivity index (χ0) is 15.9. The van der Waals surface area contributed by atoms with Gasteiger partial charge in [0.05, 0.1) is 0 Å². The summed E-state index contributed by atoms with van der Waals surface area (Å²) in [5, 5.41) is 9.36. The summed E-state index contributed by atoms with van der Waals surface area (Å²) < 4.78 is 3.67. The Morgan fingerprint density at radius 2 is 2.00 bits per heavy atom. The lowest BCUT2D eigenvalue weighted by Crippen LogP contribution is -2.41. The van der Waals surface area contributed by atoms with Gasteiger partial charge in [-0.2, -0.15) is 0 Å². The molecule has 0 fully saturated rings. The fourth-order valence-corrected chi connectivity index (χ4v) is 2.08. The van der Waals surface area contributed by atoms with Gasteiger partial charge in [-0.3, -0.25) is 4.79 Å². The van der Waals surface area contributed by atoms with Gasteiger partial charge in [-0.05, 0) is 25.3 Å². The SMILES string of the molecule is NC(Br)(CCCCC(=O)OCc1ccccc1Cl)C(=O)O. The molecule has 1 unspecified atom stereocenters. The van der Waals surface area contributed by atoms with Crippen molar-refractivity contribution in [1.29, 1.82) is 0 Å². The molecule has 0 saturated carbocycles. The third-order valence-corrected chi connectivity index (χ3v) is 3.98. The lowest BCUT2D eigenvalue weighted by atomic mass is 10.1. The van der Waals surface area contributed by atoms with Crippen LogP contribution in [0.25, 0.3) is 0 Å². The molecule has 1 atom stereocenters. The van der Waals surface area contributed by atoms with Crippen LogP contribution < -0.4 is 5.73 Å². The Labute approximate surface area is 136 Å². The first-order valence-corrected chi connectivity index (χ1v) is 7.60. The van der Waals surface area contributed by atoms with E-state index in [2.05, 4.69) is 15.9 Å². The molecular formula is C14H17BrClNO4. The Morgan fingerprint density at radius 1 is 1.33 bits per heavy atom. The number of alkyl halides is 1. The minimum atomic E-state index is -1.44. The van der Waals surface area contributed by atoms with E-state index < -0.39 is 10.4 Å². The Kier molecular flexibility index (Phi) is 7.14. The van der Waals surface area contributed by atoms with Crippen molar-refractivity contribution in [2.45, 2.75) is 36.7 Å². The van der Waals surface area contributed by atoms with Gasteiger partial charge in [0, 0.05) is 17.0 Å². The highest BCUT2D eigenvalue weighted by Gasteiger charge is 2.29. The molecule has 0 spiro atoms. The van der Waals surface area contributed by atoms with E-state index in [9.17, 15) is 9.59 Å². The van der Waals surface area contributed by atoms with Crippen molar-refractivity contribution in [2.75, 3.05) is 0 Å². The molecule has 21 heavy (non-hydrogen) atoms. The molecule has 0 aliphatic heterocycles. The van der Waals surface area contributed by atoms with Gasteiger partial charge in [0.25, 0.3) is 0 Å². The minimum absolute atomic E-state index is 0.132. The highest BCUT2D eigenvalue weighted by molar-refractivity contribution is 9.10. The maximum absolute atomic E-state index is 11.6. The topological polar surface area (TPSA) is 89.6 Å². The summed E-state index contributed by atoms with van der Waals surface area (Å²) in [6, 6.07) is 7.14. The fraction of sp³-hybridized carbons (Fsp3) is 0.429. The quantitative estimate of drug-likeness (QED) is 0.314. The summed E-state index contributed by atoms with van der Waals surface area (Å²) in [4.78, 5) is 22.3. The van der Waals surface area contributed by atoms with Crippen LogP contribution in [0.15, 0.2) is 24.3 Å². The van der Waals surface area contributed by atoms with E-state index >= 15 is 0 Å². The van der Waals surface area contributed by atoms with E-state index in [4.69, 9.17) is 27.2 Å². The average Bonchev–Trinajstić information content (AvgIpc) is 2.42. The number of halogens is 2. The van der Waals surface area contributed by atoms with Gasteiger partial charge in [0.15, 0.2) is 4.45 Å². The summed E-state index contributed by atoms with van der Waals surface area (Å²) in [6.07, 6.45) is 1.47. The maximum atomic E-state index is 11.6. The molecule has 0 aromatic heterocycles. The predicted molar refractivity (Wildman–Crippen MR) is 83.2 cm³/mol. The highest BCUT2D eigenvalue weighted by Crippen LogP contribution is 2.20. The average molecular weight is 379 g/mol. The number of ether oxygens (including phenoxy) is 1. The van der Waals surface area contributed by atoms with Crippen molar-refractivity contribution in [3.05, 3.63) is 34.9 Å². The number of carboxylic acids is 1. The molecule has 1 aromatic rings. The Balaban J connectivity index is 2.23. The predicted octanol–water partition coefficient (Wildman–Crippen LogP) is 3.08. The summed E-state index contributed by atoms with van der Waals surface area (Å²) in [5.74, 6) is -1.47. The number of benzene rings is 1. The van der Waals surface area contributed by atoms with Crippen molar-refractivity contribution in [1.82, 2.24) is 0 Å². The molecule has 1 aromatic carbocycles. The molecule has 5 nitrogen and oxygen atoms in total. The molecule has 0 heterocycles. The van der Waals surface area contributed by atoms with Gasteiger partial charge in [0.2, 0.25) is 0 Å². The number of esters is 1. The van der Waals surface area contributed by atoms with Crippen LogP contribution in [0, 0.1) is 0 Å². The standard InChI is InChI=1S/C14H17BrClNO4/c15-14(17,13(19)20)8-4-3-7-12(18)21-9-10-5-1-2-6-11(10)16/h1-2,5-6H,3-4,7-9,17H2,(H,19,20). The molecule has 3 N–H and O–H groups in total. The zero-order valence-corrected chi connectivity index (χ0v) is 13.7. The van der Waals surface area contributed by atoms with Crippen LogP contribution in [-0.2, 0) is 20.9 Å². The van der Waals surface area contributed by atoms with Crippen LogP contribution in [-0.4, -0.2) is 21.5 Å². The smallest absolute Gasteiger partial charge is 0.334 e. The number of rotatable bonds is 8. The minimum Gasteiger partial charge on any atom is -0.479 e. The Bertz CT molecular complexity index is 508. The van der Waals surface area contributed by atoms with Crippen LogP contribution in [0.1, 0.15) is 31.2 Å². The van der Waals surface area contributed by atoms with E-state index in [1.807, 2.05) is 6.07 Å². The lowest BCUT2D eigenvalue weighted by molar-refractivity contribution is -0.145. The van der Waals surface area contributed by atoms with Gasteiger partial charge in [-0.25, -0.2) is 4.79 Å². The molecule has 0 aliphatic carbocycles. The number of unbranched alkanes of at least 4 members (excludes halogenated alkanes) is 1. The van der Waals surface area contributed by atoms with Gasteiger partial charge in [0.1, 0.15) is 6.61 Å². The van der Waals surface area contributed by atoms with Crippen molar-refractivity contribution in [2.24, 2.45) is 5.73 Å². The third-order valence-electron chi connectivity index (χ3n) is 2.87. The van der Waals surface area contributed by atoms with E-state index in [1.165, 1.54) is 0 Å². The molecule has 7 heteroatoms. The van der Waals surface area contributed by atoms with E-state index in [1.54, 1.807) is 18.2 Å². The summed E-state index contributed by atoms with van der Waals surface area (Å²) in [5.41, 5.74) is 6.26. The number of carbonyl (C=O) groups is 2. The van der Waals surface area contributed by atoms with Gasteiger partial charge >= 0.3 is 11.9 Å². The number of carboxylic acid groups (broad SMARTS) is 1. The van der Waals surface area contributed by atoms with Crippen molar-refractivity contribution in [3.63, 3.8) is 0 Å². The van der Waals surface area contributed by atoms with Crippen LogP contribution in [0.3, 0.4) is 0 Å². The molecule has 116 valence electrons. The second-order valence-corrected chi connectivity index (χ2v) is 6.45. The summed E-state index contributed by atoms with van der Waals surface area (Å²) >= 11 is 8.88. The molecule has 0 saturated heterocycles. The third kappa shape index (κ3) is 6.46. The number of hydrogen-bond donors (Lipinski definition) is 2. The van der Waals surface area contributed by atoms with Gasteiger partial charge < -0.3 is 15.6 Å². The first-order valence-electron chi connectivity index (χ1n) is 6.43. The van der Waals surface area contributed by atoms with E-state index in [0.29, 0.717) is 17.9 Å². The van der Waals surface area contributed by atoms with Crippen molar-refractivity contribution >= 4 is 39.5 Å². The summed E-state index contributed by atoms with van der Waals surface area (Å²) in [6.45, 7) is 0.132. The van der Waals surface area contributed by atoms with Gasteiger partial charge in [-0.15, -0.1) is 0 Å². The second-order valence-electron chi connectivity index (χ2n) is 4.63. The van der Waals surface area contributed by atoms with E-state index in [-0.39, 0.29) is 25.4 Å². The normalized spacial score (nSPS) is 13.5. The zero-order valence-electron chi connectivity index (χ0n) is 11.4. The fourth-order valence-electron chi connectivity index (χ4n) is 1.60. The van der Waals surface area contributed by atoms with Crippen LogP contribution in [0.5, 0.6) is 0 Å².